The monoisotopic (exact) mass is 280 g/mol. The van der Waals surface area contributed by atoms with Crippen molar-refractivity contribution in [1.82, 2.24) is 10.6 Å². The van der Waals surface area contributed by atoms with Crippen molar-refractivity contribution >= 4 is 23.4 Å². The molecule has 2 heterocycles. The lowest BCUT2D eigenvalue weighted by molar-refractivity contribution is -0.134. The molecule has 2 amide bonds. The number of Topliss-reactive ketones (excluding diaryl/α,β-unsaturated/α-hetero) is 1. The molecule has 0 saturated carbocycles. The minimum absolute atomic E-state index is 0.0503. The van der Waals surface area contributed by atoms with E-state index in [0.717, 1.165) is 5.56 Å². The second-order valence-corrected chi connectivity index (χ2v) is 5.49. The molecule has 2 bridgehead atoms. The summed E-state index contributed by atoms with van der Waals surface area (Å²) in [4.78, 5) is 23.6. The summed E-state index contributed by atoms with van der Waals surface area (Å²) in [5.41, 5.74) is -0.292. The second kappa shape index (κ2) is 3.87. The number of ketones is 1. The van der Waals surface area contributed by atoms with Crippen molar-refractivity contribution in [1.29, 1.82) is 0 Å². The van der Waals surface area contributed by atoms with Crippen molar-refractivity contribution in [2.24, 2.45) is 5.92 Å². The normalized spacial score (nSPS) is 31.6. The highest BCUT2D eigenvalue weighted by Gasteiger charge is 2.54. The summed E-state index contributed by atoms with van der Waals surface area (Å²) >= 11 is 5.98. The molecular formula is C13H13ClN2O3. The lowest BCUT2D eigenvalue weighted by atomic mass is 9.78. The van der Waals surface area contributed by atoms with Crippen LogP contribution >= 0.6 is 11.6 Å². The molecular weight excluding hydrogens is 268 g/mol. The van der Waals surface area contributed by atoms with Gasteiger partial charge in [0.2, 0.25) is 0 Å². The molecule has 1 aromatic carbocycles. The van der Waals surface area contributed by atoms with Crippen LogP contribution in [0.3, 0.4) is 0 Å². The van der Waals surface area contributed by atoms with Crippen molar-refractivity contribution in [2.45, 2.75) is 25.6 Å². The zero-order chi connectivity index (χ0) is 13.8. The Morgan fingerprint density at radius 1 is 1.47 bits per heavy atom. The Hall–Kier alpha value is -1.75. The molecule has 0 aliphatic carbocycles. The van der Waals surface area contributed by atoms with Gasteiger partial charge in [0.05, 0.1) is 6.04 Å². The number of hydrogen-bond acceptors (Lipinski definition) is 3. The minimum Gasteiger partial charge on any atom is -0.467 e. The van der Waals surface area contributed by atoms with Crippen molar-refractivity contribution in [2.75, 3.05) is 0 Å². The van der Waals surface area contributed by atoms with Crippen LogP contribution in [0.15, 0.2) is 18.2 Å². The molecule has 1 aromatic rings. The maximum absolute atomic E-state index is 11.9. The Morgan fingerprint density at radius 2 is 2.21 bits per heavy atom. The second-order valence-electron chi connectivity index (χ2n) is 5.06. The third-order valence-corrected chi connectivity index (χ3v) is 3.88. The minimum atomic E-state index is -1.03. The van der Waals surface area contributed by atoms with Crippen LogP contribution in [0.5, 0.6) is 5.75 Å². The van der Waals surface area contributed by atoms with Gasteiger partial charge in [0, 0.05) is 10.6 Å². The lowest BCUT2D eigenvalue weighted by Crippen LogP contribution is -2.69. The summed E-state index contributed by atoms with van der Waals surface area (Å²) in [5, 5.41) is 6.01. The fourth-order valence-electron chi connectivity index (χ4n) is 2.93. The van der Waals surface area contributed by atoms with E-state index < -0.39 is 17.7 Å². The molecule has 2 aliphatic rings. The van der Waals surface area contributed by atoms with E-state index in [-0.39, 0.29) is 11.8 Å². The summed E-state index contributed by atoms with van der Waals surface area (Å²) in [5.74, 6) is 0.0868. The zero-order valence-electron chi connectivity index (χ0n) is 10.5. The molecule has 1 fully saturated rings. The SMILES string of the molecule is CC(=O)C1C2NC(=O)NC1(C)Oc1ccc(Cl)cc12. The maximum atomic E-state index is 11.9. The van der Waals surface area contributed by atoms with Crippen LogP contribution in [-0.4, -0.2) is 17.5 Å². The molecule has 3 atom stereocenters. The van der Waals surface area contributed by atoms with E-state index in [1.165, 1.54) is 6.92 Å². The van der Waals surface area contributed by atoms with Crippen LogP contribution in [-0.2, 0) is 4.79 Å². The predicted octanol–water partition coefficient (Wildman–Crippen LogP) is 2.01. The first kappa shape index (κ1) is 12.3. The number of ether oxygens (including phenoxy) is 1. The highest BCUT2D eigenvalue weighted by atomic mass is 35.5. The molecule has 2 aliphatic heterocycles. The fraction of sp³-hybridized carbons (Fsp3) is 0.385. The fourth-order valence-corrected chi connectivity index (χ4v) is 3.12. The number of urea groups is 1. The zero-order valence-corrected chi connectivity index (χ0v) is 11.2. The van der Waals surface area contributed by atoms with Crippen molar-refractivity contribution in [3.63, 3.8) is 0 Å². The molecule has 2 N–H and O–H groups in total. The Balaban J connectivity index is 2.18. The van der Waals surface area contributed by atoms with Gasteiger partial charge < -0.3 is 10.1 Å². The lowest BCUT2D eigenvalue weighted by Gasteiger charge is -2.49. The highest BCUT2D eigenvalue weighted by molar-refractivity contribution is 6.30. The molecule has 1 saturated heterocycles. The van der Waals surface area contributed by atoms with E-state index >= 15 is 0 Å². The average molecular weight is 281 g/mol. The first-order chi connectivity index (χ1) is 8.90. The van der Waals surface area contributed by atoms with E-state index in [1.54, 1.807) is 25.1 Å². The summed E-state index contributed by atoms with van der Waals surface area (Å²) < 4.78 is 5.84. The topological polar surface area (TPSA) is 67.4 Å². The number of nitrogens with one attached hydrogen (secondary N) is 2. The number of rotatable bonds is 1. The Bertz CT molecular complexity index is 589. The molecule has 0 radical (unpaired) electrons. The van der Waals surface area contributed by atoms with Gasteiger partial charge in [0.15, 0.2) is 5.72 Å². The van der Waals surface area contributed by atoms with Gasteiger partial charge >= 0.3 is 6.03 Å². The van der Waals surface area contributed by atoms with Crippen LogP contribution in [0.4, 0.5) is 4.79 Å². The van der Waals surface area contributed by atoms with E-state index in [1.807, 2.05) is 0 Å². The van der Waals surface area contributed by atoms with E-state index in [0.29, 0.717) is 10.8 Å². The highest BCUT2D eigenvalue weighted by Crippen LogP contribution is 2.45. The van der Waals surface area contributed by atoms with Crippen molar-refractivity contribution < 1.29 is 14.3 Å². The van der Waals surface area contributed by atoms with E-state index in [2.05, 4.69) is 10.6 Å². The molecule has 0 aromatic heterocycles. The van der Waals surface area contributed by atoms with Gasteiger partial charge in [-0.2, -0.15) is 0 Å². The van der Waals surface area contributed by atoms with Crippen LogP contribution in [0.1, 0.15) is 25.5 Å². The van der Waals surface area contributed by atoms with Crippen molar-refractivity contribution in [3.05, 3.63) is 28.8 Å². The molecule has 6 heteroatoms. The Labute approximate surface area is 115 Å². The number of benzene rings is 1. The number of carbonyl (C=O) groups excluding carboxylic acids is 2. The predicted molar refractivity (Wildman–Crippen MR) is 69.1 cm³/mol. The van der Waals surface area contributed by atoms with Crippen LogP contribution < -0.4 is 15.4 Å². The van der Waals surface area contributed by atoms with Crippen LogP contribution in [0.2, 0.25) is 5.02 Å². The van der Waals surface area contributed by atoms with E-state index in [9.17, 15) is 9.59 Å². The number of carbonyl (C=O) groups is 2. The number of fused-ring (bicyclic) bond motifs is 4. The molecule has 19 heavy (non-hydrogen) atoms. The molecule has 5 nitrogen and oxygen atoms in total. The Kier molecular flexibility index (Phi) is 2.50. The first-order valence-corrected chi connectivity index (χ1v) is 6.36. The standard InChI is InChI=1S/C13H13ClN2O3/c1-6(17)10-11-8-5-7(14)3-4-9(8)19-13(10,2)16-12(18)15-11/h3-5,10-11H,1-2H3,(H2,15,16,18). The largest absolute Gasteiger partial charge is 0.467 e. The average Bonchev–Trinajstić information content (AvgIpc) is 2.28. The number of amides is 2. The van der Waals surface area contributed by atoms with E-state index in [4.69, 9.17) is 16.3 Å². The maximum Gasteiger partial charge on any atom is 0.318 e. The molecule has 100 valence electrons. The van der Waals surface area contributed by atoms with Gasteiger partial charge in [-0.3, -0.25) is 10.1 Å². The van der Waals surface area contributed by atoms with Gasteiger partial charge in [-0.25, -0.2) is 4.79 Å². The van der Waals surface area contributed by atoms with Crippen LogP contribution in [0, 0.1) is 5.92 Å². The quantitative estimate of drug-likeness (QED) is 0.827. The van der Waals surface area contributed by atoms with Gasteiger partial charge in [0.25, 0.3) is 0 Å². The number of hydrogen-bond donors (Lipinski definition) is 2. The van der Waals surface area contributed by atoms with Gasteiger partial charge in [-0.15, -0.1) is 0 Å². The molecule has 3 unspecified atom stereocenters. The van der Waals surface area contributed by atoms with Gasteiger partial charge in [-0.1, -0.05) is 11.6 Å². The van der Waals surface area contributed by atoms with Gasteiger partial charge in [-0.05, 0) is 32.0 Å². The Morgan fingerprint density at radius 3 is 2.89 bits per heavy atom. The summed E-state index contributed by atoms with van der Waals surface area (Å²) in [7, 11) is 0. The summed E-state index contributed by atoms with van der Waals surface area (Å²) in [6.07, 6.45) is 0. The molecule has 3 rings (SSSR count). The molecule has 0 spiro atoms. The summed E-state index contributed by atoms with van der Waals surface area (Å²) in [6, 6.07) is 4.42. The first-order valence-electron chi connectivity index (χ1n) is 5.98. The third kappa shape index (κ3) is 1.76. The smallest absolute Gasteiger partial charge is 0.318 e. The summed E-state index contributed by atoms with van der Waals surface area (Å²) in [6.45, 7) is 3.20. The van der Waals surface area contributed by atoms with Gasteiger partial charge in [0.1, 0.15) is 17.5 Å². The van der Waals surface area contributed by atoms with Crippen LogP contribution in [0.25, 0.3) is 0 Å². The number of halogens is 1. The third-order valence-electron chi connectivity index (χ3n) is 3.64. The van der Waals surface area contributed by atoms with Crippen molar-refractivity contribution in [3.8, 4) is 5.75 Å².